The lowest BCUT2D eigenvalue weighted by atomic mass is 10.0. The maximum absolute atomic E-state index is 10.6. The molecule has 1 aliphatic carbocycles. The van der Waals surface area contributed by atoms with E-state index in [1.54, 1.807) is 0 Å². The van der Waals surface area contributed by atoms with Crippen molar-refractivity contribution in [1.29, 1.82) is 5.26 Å². The number of likely N-dealkylation sites (N-methyl/N-ethyl adjacent to an activating group) is 1. The number of carbonyl (C=O) groups is 1. The first-order valence-corrected chi connectivity index (χ1v) is 4.42. The molecule has 72 valence electrons. The van der Waals surface area contributed by atoms with Crippen LogP contribution in [0.15, 0.2) is 0 Å². The summed E-state index contributed by atoms with van der Waals surface area (Å²) in [7, 11) is 1.86. The van der Waals surface area contributed by atoms with Crippen molar-refractivity contribution in [3.63, 3.8) is 0 Å². The maximum atomic E-state index is 10.6. The minimum atomic E-state index is -0.310. The van der Waals surface area contributed by atoms with Crippen molar-refractivity contribution in [3.05, 3.63) is 0 Å². The average Bonchev–Trinajstić information content (AvgIpc) is 2.67. The van der Waals surface area contributed by atoms with Crippen LogP contribution >= 0.6 is 0 Å². The van der Waals surface area contributed by atoms with E-state index in [1.807, 2.05) is 11.9 Å². The van der Waals surface area contributed by atoms with Gasteiger partial charge in [-0.25, -0.2) is 0 Å². The highest BCUT2D eigenvalue weighted by Gasteiger charge is 2.43. The Hall–Kier alpha value is -1.08. The number of carbonyl (C=O) groups excluding carboxylic acids is 1. The number of hydrogen-bond acceptors (Lipinski definition) is 3. The smallest absolute Gasteiger partial charge is 0.231 e. The largest absolute Gasteiger partial charge is 0.369 e. The van der Waals surface area contributed by atoms with E-state index in [4.69, 9.17) is 11.0 Å². The van der Waals surface area contributed by atoms with Crippen LogP contribution in [-0.4, -0.2) is 30.9 Å². The van der Waals surface area contributed by atoms with Gasteiger partial charge < -0.3 is 5.73 Å². The van der Waals surface area contributed by atoms with Gasteiger partial charge >= 0.3 is 0 Å². The van der Waals surface area contributed by atoms with Gasteiger partial charge in [0.1, 0.15) is 0 Å². The lowest BCUT2D eigenvalue weighted by Crippen LogP contribution is -2.34. The van der Waals surface area contributed by atoms with E-state index in [1.165, 1.54) is 0 Å². The monoisotopic (exact) mass is 181 g/mol. The van der Waals surface area contributed by atoms with E-state index in [9.17, 15) is 4.79 Å². The molecule has 0 unspecified atom stereocenters. The van der Waals surface area contributed by atoms with Gasteiger partial charge in [-0.05, 0) is 25.3 Å². The number of nitrogens with zero attached hydrogens (tertiary/aromatic N) is 2. The van der Waals surface area contributed by atoms with Gasteiger partial charge in [-0.2, -0.15) is 5.26 Å². The number of primary amides is 1. The van der Waals surface area contributed by atoms with Gasteiger partial charge in [0.05, 0.1) is 12.6 Å². The van der Waals surface area contributed by atoms with Crippen molar-refractivity contribution >= 4 is 5.91 Å². The molecule has 0 radical (unpaired) electrons. The molecule has 13 heavy (non-hydrogen) atoms. The number of nitriles is 1. The first-order valence-electron chi connectivity index (χ1n) is 4.42. The number of nitrogens with two attached hydrogens (primary N) is 1. The molecule has 0 heterocycles. The molecule has 2 N–H and O–H groups in total. The van der Waals surface area contributed by atoms with Crippen molar-refractivity contribution in [2.75, 3.05) is 20.1 Å². The highest BCUT2D eigenvalue weighted by atomic mass is 16.1. The number of hydrogen-bond donors (Lipinski definition) is 1. The molecule has 1 rings (SSSR count). The van der Waals surface area contributed by atoms with E-state index < -0.39 is 0 Å². The fourth-order valence-electron chi connectivity index (χ4n) is 1.63. The maximum Gasteiger partial charge on any atom is 0.231 e. The third-order valence-corrected chi connectivity index (χ3v) is 2.44. The summed E-state index contributed by atoms with van der Waals surface area (Å²) in [5.74, 6) is -0.310. The Kier molecular flexibility index (Phi) is 2.89. The van der Waals surface area contributed by atoms with Crippen LogP contribution in [0.1, 0.15) is 19.3 Å². The Morgan fingerprint density at radius 3 is 2.69 bits per heavy atom. The molecule has 0 bridgehead atoms. The van der Waals surface area contributed by atoms with Crippen molar-refractivity contribution in [3.8, 4) is 6.07 Å². The highest BCUT2D eigenvalue weighted by molar-refractivity contribution is 5.75. The third kappa shape index (κ3) is 3.03. The van der Waals surface area contributed by atoms with Crippen molar-refractivity contribution in [2.24, 2.45) is 11.1 Å². The molecular formula is C9H15N3O. The first kappa shape index (κ1) is 10.0. The van der Waals surface area contributed by atoms with E-state index in [2.05, 4.69) is 6.07 Å². The summed E-state index contributed by atoms with van der Waals surface area (Å²) in [6.45, 7) is 1.09. The minimum absolute atomic E-state index is 0.166. The van der Waals surface area contributed by atoms with Crippen LogP contribution in [0.2, 0.25) is 0 Å². The normalized spacial score (nSPS) is 18.2. The van der Waals surface area contributed by atoms with E-state index >= 15 is 0 Å². The average molecular weight is 181 g/mol. The zero-order valence-corrected chi connectivity index (χ0v) is 7.92. The van der Waals surface area contributed by atoms with Crippen LogP contribution in [0, 0.1) is 16.7 Å². The second kappa shape index (κ2) is 3.75. The fraction of sp³-hybridized carbons (Fsp3) is 0.778. The predicted octanol–water partition coefficient (Wildman–Crippen LogP) is 0.0974. The molecule has 0 spiro atoms. The first-order chi connectivity index (χ1) is 6.08. The van der Waals surface area contributed by atoms with Crippen LogP contribution in [0.25, 0.3) is 0 Å². The summed E-state index contributed by atoms with van der Waals surface area (Å²) in [5.41, 5.74) is 5.23. The molecular weight excluding hydrogens is 166 g/mol. The summed E-state index contributed by atoms with van der Waals surface area (Å²) in [6, 6.07) is 2.19. The molecule has 4 heteroatoms. The van der Waals surface area contributed by atoms with Crippen LogP contribution < -0.4 is 5.73 Å². The highest BCUT2D eigenvalue weighted by Crippen LogP contribution is 2.48. The summed E-state index contributed by atoms with van der Waals surface area (Å²) < 4.78 is 0. The molecule has 0 aromatic carbocycles. The number of rotatable bonds is 5. The van der Waals surface area contributed by atoms with Gasteiger partial charge in [0.2, 0.25) is 5.91 Å². The molecule has 0 saturated heterocycles. The Morgan fingerprint density at radius 1 is 1.69 bits per heavy atom. The minimum Gasteiger partial charge on any atom is -0.369 e. The summed E-state index contributed by atoms with van der Waals surface area (Å²) >= 11 is 0. The van der Waals surface area contributed by atoms with Crippen LogP contribution in [0.5, 0.6) is 0 Å². The zero-order chi connectivity index (χ0) is 9.90. The SMILES string of the molecule is CN(CC(N)=O)CC1(CC#N)CC1. The molecule has 1 fully saturated rings. The molecule has 0 aromatic heterocycles. The van der Waals surface area contributed by atoms with Crippen molar-refractivity contribution in [2.45, 2.75) is 19.3 Å². The molecule has 1 saturated carbocycles. The van der Waals surface area contributed by atoms with E-state index in [-0.39, 0.29) is 17.9 Å². The van der Waals surface area contributed by atoms with Crippen molar-refractivity contribution in [1.82, 2.24) is 4.90 Å². The predicted molar refractivity (Wildman–Crippen MR) is 48.6 cm³/mol. The van der Waals surface area contributed by atoms with Gasteiger partial charge in [0, 0.05) is 13.0 Å². The molecule has 0 aromatic rings. The van der Waals surface area contributed by atoms with E-state index in [0.717, 1.165) is 19.4 Å². The summed E-state index contributed by atoms with van der Waals surface area (Å²) in [5, 5.41) is 8.58. The Morgan fingerprint density at radius 2 is 2.31 bits per heavy atom. The van der Waals surface area contributed by atoms with Gasteiger partial charge in [0.25, 0.3) is 0 Å². The fourth-order valence-corrected chi connectivity index (χ4v) is 1.63. The van der Waals surface area contributed by atoms with Crippen molar-refractivity contribution < 1.29 is 4.79 Å². The Labute approximate surface area is 78.3 Å². The molecule has 4 nitrogen and oxygen atoms in total. The van der Waals surface area contributed by atoms with E-state index in [0.29, 0.717) is 6.42 Å². The second-order valence-electron chi connectivity index (χ2n) is 3.97. The molecule has 0 atom stereocenters. The van der Waals surface area contributed by atoms with Gasteiger partial charge in [-0.3, -0.25) is 9.69 Å². The quantitative estimate of drug-likeness (QED) is 0.653. The molecule has 0 aliphatic heterocycles. The molecule has 1 amide bonds. The number of amides is 1. The lowest BCUT2D eigenvalue weighted by molar-refractivity contribution is -0.119. The Bertz CT molecular complexity index is 240. The van der Waals surface area contributed by atoms with Gasteiger partial charge in [-0.1, -0.05) is 0 Å². The van der Waals surface area contributed by atoms with Crippen LogP contribution in [-0.2, 0) is 4.79 Å². The third-order valence-electron chi connectivity index (χ3n) is 2.44. The van der Waals surface area contributed by atoms with Gasteiger partial charge in [-0.15, -0.1) is 0 Å². The summed E-state index contributed by atoms with van der Waals surface area (Å²) in [4.78, 5) is 12.5. The molecule has 1 aliphatic rings. The standard InChI is InChI=1S/C9H15N3O/c1-12(6-8(11)13)7-9(2-3-9)4-5-10/h2-4,6-7H2,1H3,(H2,11,13). The summed E-state index contributed by atoms with van der Waals surface area (Å²) in [6.07, 6.45) is 2.80. The van der Waals surface area contributed by atoms with Crippen LogP contribution in [0.3, 0.4) is 0 Å². The lowest BCUT2D eigenvalue weighted by Gasteiger charge is -2.20. The second-order valence-corrected chi connectivity index (χ2v) is 3.97. The Balaban J connectivity index is 2.32. The van der Waals surface area contributed by atoms with Gasteiger partial charge in [0.15, 0.2) is 0 Å². The topological polar surface area (TPSA) is 70.1 Å². The van der Waals surface area contributed by atoms with Crippen LogP contribution in [0.4, 0.5) is 0 Å². The zero-order valence-electron chi connectivity index (χ0n) is 7.92.